The standard InChI is InChI=1S/C20H17N5O5S2/c1-2-28-16(27)9-12-10-31-19(21-12)22-15(26)11-32-20-23-17(13-5-3-7-29-13)18(24-25-20)14-6-4-8-30-14/h3-8,10H,2,9,11H2,1H3,(H,21,22,26). The van der Waals surface area contributed by atoms with Crippen LogP contribution in [0.4, 0.5) is 5.13 Å². The molecule has 10 nitrogen and oxygen atoms in total. The van der Waals surface area contributed by atoms with Gasteiger partial charge in [0, 0.05) is 5.38 Å². The summed E-state index contributed by atoms with van der Waals surface area (Å²) >= 11 is 2.36. The molecule has 4 aromatic heterocycles. The number of thiazole rings is 1. The molecule has 4 rings (SSSR count). The minimum absolute atomic E-state index is 0.0478. The number of esters is 1. The smallest absolute Gasteiger partial charge is 0.311 e. The van der Waals surface area contributed by atoms with Crippen LogP contribution in [0.2, 0.25) is 0 Å². The summed E-state index contributed by atoms with van der Waals surface area (Å²) in [6.07, 6.45) is 3.13. The minimum atomic E-state index is -0.360. The Morgan fingerprint density at radius 1 is 1.09 bits per heavy atom. The van der Waals surface area contributed by atoms with E-state index in [0.29, 0.717) is 45.5 Å². The summed E-state index contributed by atoms with van der Waals surface area (Å²) in [6, 6.07) is 7.00. The maximum absolute atomic E-state index is 12.3. The Labute approximate surface area is 190 Å². The lowest BCUT2D eigenvalue weighted by atomic mass is 10.2. The summed E-state index contributed by atoms with van der Waals surface area (Å²) in [6.45, 7) is 2.05. The molecule has 0 aliphatic heterocycles. The normalized spacial score (nSPS) is 10.8. The highest BCUT2D eigenvalue weighted by atomic mass is 32.2. The van der Waals surface area contributed by atoms with Crippen molar-refractivity contribution in [2.75, 3.05) is 17.7 Å². The molecule has 0 saturated carbocycles. The maximum Gasteiger partial charge on any atom is 0.311 e. The Balaban J connectivity index is 1.40. The number of hydrogen-bond acceptors (Lipinski definition) is 11. The minimum Gasteiger partial charge on any atom is -0.466 e. The van der Waals surface area contributed by atoms with Crippen LogP contribution >= 0.6 is 23.1 Å². The van der Waals surface area contributed by atoms with Gasteiger partial charge in [-0.2, -0.15) is 0 Å². The van der Waals surface area contributed by atoms with Gasteiger partial charge in [-0.25, -0.2) is 9.97 Å². The number of carbonyl (C=O) groups excluding carboxylic acids is 2. The third-order valence-electron chi connectivity index (χ3n) is 3.94. The SMILES string of the molecule is CCOC(=O)Cc1csc(NC(=O)CSc2nnc(-c3ccco3)c(-c3ccco3)n2)n1. The molecule has 164 valence electrons. The van der Waals surface area contributed by atoms with Gasteiger partial charge in [-0.05, 0) is 31.2 Å². The van der Waals surface area contributed by atoms with Crippen molar-refractivity contribution in [2.45, 2.75) is 18.5 Å². The van der Waals surface area contributed by atoms with Gasteiger partial charge in [0.1, 0.15) is 5.69 Å². The van der Waals surface area contributed by atoms with Gasteiger partial charge in [0.05, 0.1) is 37.0 Å². The molecule has 0 aliphatic carbocycles. The van der Waals surface area contributed by atoms with Crippen molar-refractivity contribution < 1.29 is 23.2 Å². The van der Waals surface area contributed by atoms with Crippen LogP contribution in [-0.4, -0.2) is 44.4 Å². The molecule has 32 heavy (non-hydrogen) atoms. The van der Waals surface area contributed by atoms with Crippen molar-refractivity contribution in [1.29, 1.82) is 0 Å². The molecule has 4 heterocycles. The molecule has 0 radical (unpaired) electrons. The zero-order valence-corrected chi connectivity index (χ0v) is 18.4. The summed E-state index contributed by atoms with van der Waals surface area (Å²) in [5.41, 5.74) is 1.45. The third-order valence-corrected chi connectivity index (χ3v) is 5.58. The average Bonchev–Trinajstić information content (AvgIpc) is 3.55. The second-order valence-corrected chi connectivity index (χ2v) is 8.01. The van der Waals surface area contributed by atoms with Gasteiger partial charge in [0.25, 0.3) is 0 Å². The molecule has 1 N–H and O–H groups in total. The maximum atomic E-state index is 12.3. The number of amides is 1. The van der Waals surface area contributed by atoms with E-state index in [1.165, 1.54) is 23.9 Å². The molecule has 1 amide bonds. The number of nitrogens with zero attached hydrogens (tertiary/aromatic N) is 4. The Kier molecular flexibility index (Phi) is 6.92. The quantitative estimate of drug-likeness (QED) is 0.284. The van der Waals surface area contributed by atoms with E-state index in [0.717, 1.165) is 11.8 Å². The van der Waals surface area contributed by atoms with Gasteiger partial charge in [0.2, 0.25) is 11.1 Å². The van der Waals surface area contributed by atoms with Gasteiger partial charge in [-0.15, -0.1) is 21.5 Å². The van der Waals surface area contributed by atoms with E-state index >= 15 is 0 Å². The van der Waals surface area contributed by atoms with E-state index in [2.05, 4.69) is 25.5 Å². The van der Waals surface area contributed by atoms with Crippen molar-refractivity contribution in [1.82, 2.24) is 20.2 Å². The number of thioether (sulfide) groups is 1. The summed E-state index contributed by atoms with van der Waals surface area (Å²) in [4.78, 5) is 32.6. The molecule has 0 bridgehead atoms. The largest absolute Gasteiger partial charge is 0.466 e. The average molecular weight is 472 g/mol. The first-order valence-electron chi connectivity index (χ1n) is 9.47. The molecule has 0 saturated heterocycles. The van der Waals surface area contributed by atoms with Crippen molar-refractivity contribution in [3.05, 3.63) is 47.9 Å². The van der Waals surface area contributed by atoms with E-state index in [1.54, 1.807) is 36.6 Å². The van der Waals surface area contributed by atoms with Gasteiger partial charge in [-0.1, -0.05) is 11.8 Å². The number of nitrogens with one attached hydrogen (secondary N) is 1. The predicted octanol–water partition coefficient (Wildman–Crippen LogP) is 3.68. The first-order chi connectivity index (χ1) is 15.6. The van der Waals surface area contributed by atoms with Crippen LogP contribution in [0.15, 0.2) is 56.2 Å². The summed E-state index contributed by atoms with van der Waals surface area (Å²) in [5.74, 6) is 0.417. The lowest BCUT2D eigenvalue weighted by Crippen LogP contribution is -2.14. The molecule has 0 spiro atoms. The van der Waals surface area contributed by atoms with E-state index in [1.807, 2.05) is 0 Å². The highest BCUT2D eigenvalue weighted by Crippen LogP contribution is 2.30. The van der Waals surface area contributed by atoms with Crippen LogP contribution in [0.1, 0.15) is 12.6 Å². The predicted molar refractivity (Wildman–Crippen MR) is 117 cm³/mol. The second kappa shape index (κ2) is 10.2. The fourth-order valence-electron chi connectivity index (χ4n) is 2.63. The molecule has 0 atom stereocenters. The molecule has 0 unspecified atom stereocenters. The van der Waals surface area contributed by atoms with Crippen LogP contribution in [0, 0.1) is 0 Å². The zero-order valence-electron chi connectivity index (χ0n) is 16.8. The van der Waals surface area contributed by atoms with Gasteiger partial charge >= 0.3 is 5.97 Å². The van der Waals surface area contributed by atoms with Crippen LogP contribution in [-0.2, 0) is 20.7 Å². The first kappa shape index (κ1) is 21.7. The topological polar surface area (TPSA) is 133 Å². The first-order valence-corrected chi connectivity index (χ1v) is 11.3. The highest BCUT2D eigenvalue weighted by Gasteiger charge is 2.18. The Hall–Kier alpha value is -3.51. The van der Waals surface area contributed by atoms with Crippen molar-refractivity contribution in [2.24, 2.45) is 0 Å². The Morgan fingerprint density at radius 3 is 2.53 bits per heavy atom. The lowest BCUT2D eigenvalue weighted by molar-refractivity contribution is -0.142. The van der Waals surface area contributed by atoms with Crippen LogP contribution in [0.3, 0.4) is 0 Å². The lowest BCUT2D eigenvalue weighted by Gasteiger charge is -2.05. The van der Waals surface area contributed by atoms with Crippen LogP contribution in [0.25, 0.3) is 22.9 Å². The molecule has 0 fully saturated rings. The van der Waals surface area contributed by atoms with E-state index in [-0.39, 0.29) is 24.1 Å². The van der Waals surface area contributed by atoms with Crippen LogP contribution in [0.5, 0.6) is 0 Å². The number of aromatic nitrogens is 4. The zero-order chi connectivity index (χ0) is 22.3. The monoisotopic (exact) mass is 471 g/mol. The third kappa shape index (κ3) is 5.39. The molecular formula is C20H17N5O5S2. The fraction of sp³-hybridized carbons (Fsp3) is 0.200. The number of hydrogen-bond donors (Lipinski definition) is 1. The van der Waals surface area contributed by atoms with E-state index in [9.17, 15) is 9.59 Å². The van der Waals surface area contributed by atoms with Crippen molar-refractivity contribution in [3.8, 4) is 22.9 Å². The second-order valence-electron chi connectivity index (χ2n) is 6.21. The Morgan fingerprint density at radius 2 is 1.84 bits per heavy atom. The number of ether oxygens (including phenoxy) is 1. The Bertz CT molecular complexity index is 1190. The number of carbonyl (C=O) groups is 2. The molecule has 0 aromatic carbocycles. The molecule has 4 aromatic rings. The fourth-order valence-corrected chi connectivity index (χ4v) is 3.94. The molecule has 0 aliphatic rings. The van der Waals surface area contributed by atoms with Gasteiger partial charge < -0.3 is 18.9 Å². The molecular weight excluding hydrogens is 454 g/mol. The summed E-state index contributed by atoms with van der Waals surface area (Å²) < 4.78 is 15.8. The van der Waals surface area contributed by atoms with Gasteiger partial charge in [-0.3, -0.25) is 9.59 Å². The van der Waals surface area contributed by atoms with Crippen molar-refractivity contribution in [3.63, 3.8) is 0 Å². The van der Waals surface area contributed by atoms with Crippen molar-refractivity contribution >= 4 is 40.1 Å². The molecule has 12 heteroatoms. The number of furan rings is 2. The van der Waals surface area contributed by atoms with Gasteiger partial charge in [0.15, 0.2) is 22.3 Å². The summed E-state index contributed by atoms with van der Waals surface area (Å²) in [5, 5.41) is 13.4. The van der Waals surface area contributed by atoms with Crippen LogP contribution < -0.4 is 5.32 Å². The van der Waals surface area contributed by atoms with E-state index in [4.69, 9.17) is 13.6 Å². The number of rotatable bonds is 9. The highest BCUT2D eigenvalue weighted by molar-refractivity contribution is 7.99. The summed E-state index contributed by atoms with van der Waals surface area (Å²) in [7, 11) is 0. The van der Waals surface area contributed by atoms with E-state index < -0.39 is 0 Å². The number of anilines is 1.